The Morgan fingerprint density at radius 3 is 3.00 bits per heavy atom. The molecule has 0 bridgehead atoms. The van der Waals surface area contributed by atoms with Gasteiger partial charge in [0.05, 0.1) is 11.1 Å². The van der Waals surface area contributed by atoms with Crippen LogP contribution in [0.4, 0.5) is 4.48 Å². The molecule has 2 aromatic heterocycles. The second-order valence-electron chi connectivity index (χ2n) is 2.44. The number of hydrogen-bond acceptors (Lipinski definition) is 2. The molecular formula is C7H5FIN3. The summed E-state index contributed by atoms with van der Waals surface area (Å²) < 4.78 is 13.9. The van der Waals surface area contributed by atoms with Crippen LogP contribution in [0, 0.1) is 10.5 Å². The molecule has 0 aliphatic carbocycles. The minimum atomic E-state index is 0.291. The van der Waals surface area contributed by atoms with Crippen molar-refractivity contribution in [2.45, 2.75) is 6.92 Å². The van der Waals surface area contributed by atoms with Gasteiger partial charge in [0.1, 0.15) is 0 Å². The second-order valence-corrected chi connectivity index (χ2v) is 3.60. The van der Waals surface area contributed by atoms with E-state index in [2.05, 4.69) is 32.7 Å². The van der Waals surface area contributed by atoms with Crippen LogP contribution in [0.3, 0.4) is 0 Å². The SMILES string of the molecule is Cc1nn(F)c2nccc(I)c12. The standard InChI is InChI=1S/C7H5FIN3/c1-4-6-5(9)2-3-10-7(6)12(8)11-4/h2-3H,1H3. The average Bonchev–Trinajstić information content (AvgIpc) is 2.29. The van der Waals surface area contributed by atoms with E-state index in [1.165, 1.54) is 0 Å². The van der Waals surface area contributed by atoms with Gasteiger partial charge in [-0.1, -0.05) is 9.39 Å². The van der Waals surface area contributed by atoms with Gasteiger partial charge in [-0.3, -0.25) is 0 Å². The predicted octanol–water partition coefficient (Wildman–Crippen LogP) is 2.08. The summed E-state index contributed by atoms with van der Waals surface area (Å²) in [6.07, 6.45) is 1.57. The van der Waals surface area contributed by atoms with E-state index in [-0.39, 0.29) is 0 Å². The van der Waals surface area contributed by atoms with Gasteiger partial charge in [0.2, 0.25) is 0 Å². The lowest BCUT2D eigenvalue weighted by Crippen LogP contribution is -1.86. The Balaban J connectivity index is 2.99. The highest BCUT2D eigenvalue weighted by molar-refractivity contribution is 14.1. The van der Waals surface area contributed by atoms with Gasteiger partial charge in [0.25, 0.3) is 0 Å². The van der Waals surface area contributed by atoms with Gasteiger partial charge < -0.3 is 0 Å². The maximum Gasteiger partial charge on any atom is 0.194 e. The Morgan fingerprint density at radius 1 is 1.58 bits per heavy atom. The number of rotatable bonds is 0. The maximum atomic E-state index is 12.9. The number of fused-ring (bicyclic) bond motifs is 1. The van der Waals surface area contributed by atoms with Crippen molar-refractivity contribution in [3.8, 4) is 0 Å². The van der Waals surface area contributed by atoms with Gasteiger partial charge in [0.15, 0.2) is 5.65 Å². The zero-order valence-electron chi connectivity index (χ0n) is 6.25. The molecule has 0 aromatic carbocycles. The number of halogens is 2. The number of hydrogen-bond donors (Lipinski definition) is 0. The van der Waals surface area contributed by atoms with Crippen LogP contribution >= 0.6 is 22.6 Å². The molecule has 0 unspecified atom stereocenters. The van der Waals surface area contributed by atoms with E-state index in [9.17, 15) is 4.48 Å². The maximum absolute atomic E-state index is 12.9. The van der Waals surface area contributed by atoms with Crippen LogP contribution in [-0.2, 0) is 0 Å². The molecule has 0 radical (unpaired) electrons. The van der Waals surface area contributed by atoms with Crippen molar-refractivity contribution in [2.75, 3.05) is 0 Å². The Kier molecular flexibility index (Phi) is 1.75. The third-order valence-corrected chi connectivity index (χ3v) is 2.55. The summed E-state index contributed by atoms with van der Waals surface area (Å²) in [5.41, 5.74) is 0.962. The molecule has 0 amide bonds. The third kappa shape index (κ3) is 0.996. The molecule has 12 heavy (non-hydrogen) atoms. The zero-order chi connectivity index (χ0) is 8.72. The number of aromatic nitrogens is 3. The van der Waals surface area contributed by atoms with Crippen LogP contribution in [0.1, 0.15) is 5.69 Å². The van der Waals surface area contributed by atoms with Crippen molar-refractivity contribution < 1.29 is 4.48 Å². The molecule has 0 fully saturated rings. The van der Waals surface area contributed by atoms with Crippen LogP contribution in [0.25, 0.3) is 11.0 Å². The van der Waals surface area contributed by atoms with Crippen molar-refractivity contribution >= 4 is 33.6 Å². The summed E-state index contributed by atoms with van der Waals surface area (Å²) in [4.78, 5) is 4.20. The predicted molar refractivity (Wildman–Crippen MR) is 51.5 cm³/mol. The number of pyridine rings is 1. The molecule has 0 saturated heterocycles. The summed E-state index contributed by atoms with van der Waals surface area (Å²) in [6, 6.07) is 1.83. The first-order valence-corrected chi connectivity index (χ1v) is 4.44. The van der Waals surface area contributed by atoms with E-state index < -0.39 is 0 Å². The van der Waals surface area contributed by atoms with Gasteiger partial charge in [-0.05, 0) is 35.6 Å². The molecule has 5 heteroatoms. The summed E-state index contributed by atoms with van der Waals surface area (Å²) in [5.74, 6) is 0. The summed E-state index contributed by atoms with van der Waals surface area (Å²) in [5, 5.41) is 4.43. The highest BCUT2D eigenvalue weighted by Crippen LogP contribution is 2.21. The van der Waals surface area contributed by atoms with E-state index in [0.29, 0.717) is 16.2 Å². The summed E-state index contributed by atoms with van der Waals surface area (Å²) in [6.45, 7) is 1.77. The molecule has 0 aliphatic heterocycles. The first kappa shape index (κ1) is 7.90. The van der Waals surface area contributed by atoms with Gasteiger partial charge >= 0.3 is 0 Å². The lowest BCUT2D eigenvalue weighted by atomic mass is 10.3. The van der Waals surface area contributed by atoms with Gasteiger partial charge in [-0.2, -0.15) is 0 Å². The Morgan fingerprint density at radius 2 is 2.33 bits per heavy atom. The molecule has 2 aromatic rings. The largest absolute Gasteiger partial charge is 0.234 e. The third-order valence-electron chi connectivity index (χ3n) is 1.65. The van der Waals surface area contributed by atoms with Gasteiger partial charge in [-0.25, -0.2) is 4.98 Å². The minimum Gasteiger partial charge on any atom is -0.234 e. The van der Waals surface area contributed by atoms with E-state index in [1.807, 2.05) is 6.07 Å². The summed E-state index contributed by atoms with van der Waals surface area (Å²) in [7, 11) is 0. The Labute approximate surface area is 81.7 Å². The summed E-state index contributed by atoms with van der Waals surface area (Å²) >= 11 is 2.14. The fourth-order valence-electron chi connectivity index (χ4n) is 1.13. The van der Waals surface area contributed by atoms with E-state index in [4.69, 9.17) is 0 Å². The van der Waals surface area contributed by atoms with Crippen LogP contribution in [-0.4, -0.2) is 15.0 Å². The molecular weight excluding hydrogens is 272 g/mol. The molecule has 3 nitrogen and oxygen atoms in total. The molecule has 2 rings (SSSR count). The smallest absolute Gasteiger partial charge is 0.194 e. The van der Waals surface area contributed by atoms with Crippen LogP contribution in [0.2, 0.25) is 0 Å². The number of nitrogens with zero attached hydrogens (tertiary/aromatic N) is 3. The van der Waals surface area contributed by atoms with E-state index in [0.717, 1.165) is 8.96 Å². The van der Waals surface area contributed by atoms with Crippen LogP contribution in [0.5, 0.6) is 0 Å². The first-order chi connectivity index (χ1) is 5.70. The lowest BCUT2D eigenvalue weighted by molar-refractivity contribution is 0.328. The van der Waals surface area contributed by atoms with Gasteiger partial charge in [-0.15, -0.1) is 5.10 Å². The number of aryl methyl sites for hydroxylation is 1. The molecule has 0 saturated carbocycles. The van der Waals surface area contributed by atoms with Crippen molar-refractivity contribution in [2.24, 2.45) is 0 Å². The molecule has 0 spiro atoms. The van der Waals surface area contributed by atoms with Crippen molar-refractivity contribution in [3.63, 3.8) is 0 Å². The molecule has 0 aliphatic rings. The lowest BCUT2D eigenvalue weighted by Gasteiger charge is -1.91. The molecule has 62 valence electrons. The van der Waals surface area contributed by atoms with Crippen molar-refractivity contribution in [1.29, 1.82) is 0 Å². The molecule has 0 N–H and O–H groups in total. The van der Waals surface area contributed by atoms with Crippen molar-refractivity contribution in [3.05, 3.63) is 21.5 Å². The second kappa shape index (κ2) is 2.65. The Hall–Kier alpha value is -0.720. The van der Waals surface area contributed by atoms with E-state index in [1.54, 1.807) is 13.1 Å². The van der Waals surface area contributed by atoms with Gasteiger partial charge in [0, 0.05) is 9.77 Å². The average molecular weight is 277 g/mol. The van der Waals surface area contributed by atoms with E-state index >= 15 is 0 Å². The highest BCUT2D eigenvalue weighted by atomic mass is 127. The topological polar surface area (TPSA) is 30.7 Å². The molecule has 2 heterocycles. The first-order valence-electron chi connectivity index (χ1n) is 3.36. The van der Waals surface area contributed by atoms with Crippen LogP contribution < -0.4 is 0 Å². The molecule has 0 atom stereocenters. The normalized spacial score (nSPS) is 10.9. The fourth-order valence-corrected chi connectivity index (χ4v) is 1.92. The van der Waals surface area contributed by atoms with Crippen LogP contribution in [0.15, 0.2) is 12.3 Å². The highest BCUT2D eigenvalue weighted by Gasteiger charge is 2.10. The monoisotopic (exact) mass is 277 g/mol. The minimum absolute atomic E-state index is 0.291. The Bertz CT molecular complexity index is 437. The quantitative estimate of drug-likeness (QED) is 0.690. The van der Waals surface area contributed by atoms with Crippen molar-refractivity contribution in [1.82, 2.24) is 15.0 Å². The zero-order valence-corrected chi connectivity index (χ0v) is 8.41. The fraction of sp³-hybridized carbons (Fsp3) is 0.143.